The SMILES string of the molecule is C[C@H](/C=C/S(=O)(=O)Cl)NC(=O)OC(C)(C)C. The first-order valence-electron chi connectivity index (χ1n) is 4.62. The number of alkyl carbamates (subject to hydrolysis) is 1. The molecule has 0 aromatic heterocycles. The van der Waals surface area contributed by atoms with Gasteiger partial charge in [0.15, 0.2) is 0 Å². The van der Waals surface area contributed by atoms with Crippen LogP contribution in [-0.4, -0.2) is 26.2 Å². The van der Waals surface area contributed by atoms with E-state index in [1.807, 2.05) is 0 Å². The summed E-state index contributed by atoms with van der Waals surface area (Å²) in [6.45, 7) is 6.80. The number of ether oxygens (including phenoxy) is 1. The lowest BCUT2D eigenvalue weighted by atomic mass is 10.2. The van der Waals surface area contributed by atoms with E-state index in [1.165, 1.54) is 6.08 Å². The third kappa shape index (κ3) is 9.79. The number of carbonyl (C=O) groups is 1. The molecule has 0 radical (unpaired) electrons. The van der Waals surface area contributed by atoms with Crippen LogP contribution >= 0.6 is 10.7 Å². The van der Waals surface area contributed by atoms with Crippen molar-refractivity contribution in [1.29, 1.82) is 0 Å². The van der Waals surface area contributed by atoms with Gasteiger partial charge in [0.2, 0.25) is 0 Å². The largest absolute Gasteiger partial charge is 0.444 e. The highest BCUT2D eigenvalue weighted by atomic mass is 35.7. The second kappa shape index (κ2) is 5.54. The number of carbonyl (C=O) groups excluding carboxylic acids is 1. The molecule has 0 saturated heterocycles. The second-order valence-corrected chi connectivity index (χ2v) is 6.75. The summed E-state index contributed by atoms with van der Waals surface area (Å²) in [7, 11) is 1.27. The molecule has 0 saturated carbocycles. The van der Waals surface area contributed by atoms with Gasteiger partial charge in [0.25, 0.3) is 9.05 Å². The van der Waals surface area contributed by atoms with Crippen LogP contribution in [-0.2, 0) is 13.8 Å². The molecule has 94 valence electrons. The molecule has 0 fully saturated rings. The van der Waals surface area contributed by atoms with Crippen molar-refractivity contribution in [2.24, 2.45) is 0 Å². The summed E-state index contributed by atoms with van der Waals surface area (Å²) in [6.07, 6.45) is 0.642. The highest BCUT2D eigenvalue weighted by Crippen LogP contribution is 2.07. The summed E-state index contributed by atoms with van der Waals surface area (Å²) in [4.78, 5) is 11.2. The Labute approximate surface area is 100 Å². The zero-order valence-electron chi connectivity index (χ0n) is 9.65. The Kier molecular flexibility index (Phi) is 5.28. The van der Waals surface area contributed by atoms with Crippen molar-refractivity contribution < 1.29 is 17.9 Å². The molecule has 0 aliphatic rings. The Morgan fingerprint density at radius 2 is 1.94 bits per heavy atom. The van der Waals surface area contributed by atoms with Gasteiger partial charge in [-0.1, -0.05) is 0 Å². The smallest absolute Gasteiger partial charge is 0.408 e. The lowest BCUT2D eigenvalue weighted by molar-refractivity contribution is 0.0518. The van der Waals surface area contributed by atoms with Crippen LogP contribution in [0.15, 0.2) is 11.5 Å². The molecule has 5 nitrogen and oxygen atoms in total. The zero-order chi connectivity index (χ0) is 13.0. The van der Waals surface area contributed by atoms with Crippen molar-refractivity contribution in [2.75, 3.05) is 0 Å². The molecule has 1 atom stereocenters. The molecule has 0 aromatic carbocycles. The Bertz CT molecular complexity index is 369. The molecule has 0 rings (SSSR count). The highest BCUT2D eigenvalue weighted by molar-refractivity contribution is 8.16. The van der Waals surface area contributed by atoms with Gasteiger partial charge in [0.05, 0.1) is 0 Å². The van der Waals surface area contributed by atoms with Gasteiger partial charge in [-0.05, 0) is 33.8 Å². The summed E-state index contributed by atoms with van der Waals surface area (Å²) in [5, 5.41) is 3.25. The fourth-order valence-electron chi connectivity index (χ4n) is 0.753. The summed E-state index contributed by atoms with van der Waals surface area (Å²) in [5.74, 6) is 0. The summed E-state index contributed by atoms with van der Waals surface area (Å²) in [6, 6.07) is -0.483. The van der Waals surface area contributed by atoms with Gasteiger partial charge in [-0.25, -0.2) is 13.2 Å². The topological polar surface area (TPSA) is 72.5 Å². The molecule has 7 heteroatoms. The third-order valence-electron chi connectivity index (χ3n) is 1.27. The quantitative estimate of drug-likeness (QED) is 0.795. The fourth-order valence-corrected chi connectivity index (χ4v) is 1.35. The van der Waals surface area contributed by atoms with Gasteiger partial charge in [-0.2, -0.15) is 0 Å². The molecule has 0 aliphatic heterocycles. The van der Waals surface area contributed by atoms with Crippen molar-refractivity contribution >= 4 is 25.8 Å². The molecule has 0 heterocycles. The predicted octanol–water partition coefficient (Wildman–Crippen LogP) is 1.98. The maximum absolute atomic E-state index is 11.2. The highest BCUT2D eigenvalue weighted by Gasteiger charge is 2.16. The van der Waals surface area contributed by atoms with Crippen molar-refractivity contribution in [2.45, 2.75) is 39.3 Å². The molecular weight excluding hydrogens is 254 g/mol. The molecule has 0 aliphatic carbocycles. The zero-order valence-corrected chi connectivity index (χ0v) is 11.2. The summed E-state index contributed by atoms with van der Waals surface area (Å²) < 4.78 is 26.1. The Morgan fingerprint density at radius 3 is 2.31 bits per heavy atom. The monoisotopic (exact) mass is 269 g/mol. The lowest BCUT2D eigenvalue weighted by Crippen LogP contribution is -2.36. The first-order chi connectivity index (χ1) is 6.99. The molecule has 0 unspecified atom stereocenters. The molecule has 1 N–H and O–H groups in total. The maximum Gasteiger partial charge on any atom is 0.408 e. The Balaban J connectivity index is 4.22. The minimum absolute atomic E-state index is 0.483. The fraction of sp³-hybridized carbons (Fsp3) is 0.667. The van der Waals surface area contributed by atoms with E-state index in [9.17, 15) is 13.2 Å². The van der Waals surface area contributed by atoms with Crippen molar-refractivity contribution in [3.8, 4) is 0 Å². The number of hydrogen-bond donors (Lipinski definition) is 1. The van der Waals surface area contributed by atoms with Gasteiger partial charge in [0.1, 0.15) is 5.60 Å². The molecule has 1 amide bonds. The van der Waals surface area contributed by atoms with Crippen LogP contribution in [0.1, 0.15) is 27.7 Å². The average molecular weight is 270 g/mol. The Morgan fingerprint density at radius 1 is 1.44 bits per heavy atom. The van der Waals surface area contributed by atoms with Crippen molar-refractivity contribution in [3.63, 3.8) is 0 Å². The number of halogens is 1. The average Bonchev–Trinajstić information content (AvgIpc) is 1.95. The molecule has 0 spiro atoms. The first-order valence-corrected chi connectivity index (χ1v) is 6.99. The van der Waals surface area contributed by atoms with Gasteiger partial charge >= 0.3 is 6.09 Å². The van der Waals surface area contributed by atoms with Crippen LogP contribution in [0.3, 0.4) is 0 Å². The molecular formula is C9H16ClNO4S. The summed E-state index contributed by atoms with van der Waals surface area (Å²) in [5.41, 5.74) is -0.591. The van der Waals surface area contributed by atoms with E-state index < -0.39 is 26.8 Å². The Hall–Kier alpha value is -0.750. The van der Waals surface area contributed by atoms with Crippen LogP contribution in [0, 0.1) is 0 Å². The van der Waals surface area contributed by atoms with E-state index in [4.69, 9.17) is 15.4 Å². The number of rotatable bonds is 3. The van der Waals surface area contributed by atoms with E-state index in [1.54, 1.807) is 27.7 Å². The standard InChI is InChI=1S/C9H16ClNO4S/c1-7(5-6-16(10,13)14)11-8(12)15-9(2,3)4/h5-7H,1-4H3,(H,11,12)/b6-5+/t7-/m1/s1. The first kappa shape index (κ1) is 15.2. The number of nitrogens with one attached hydrogen (secondary N) is 1. The molecule has 0 aromatic rings. The summed E-state index contributed by atoms with van der Waals surface area (Å²) >= 11 is 0. The van der Waals surface area contributed by atoms with Crippen LogP contribution < -0.4 is 5.32 Å². The van der Waals surface area contributed by atoms with Gasteiger partial charge < -0.3 is 10.1 Å². The number of hydrogen-bond acceptors (Lipinski definition) is 4. The third-order valence-corrected chi connectivity index (χ3v) is 2.07. The predicted molar refractivity (Wildman–Crippen MR) is 62.7 cm³/mol. The minimum atomic E-state index is -3.69. The van der Waals surface area contributed by atoms with E-state index in [2.05, 4.69) is 5.32 Å². The number of amides is 1. The van der Waals surface area contributed by atoms with Crippen molar-refractivity contribution in [1.82, 2.24) is 5.32 Å². The van der Waals surface area contributed by atoms with Crippen LogP contribution in [0.2, 0.25) is 0 Å². The van der Waals surface area contributed by atoms with E-state index in [0.717, 1.165) is 5.41 Å². The molecule has 16 heavy (non-hydrogen) atoms. The molecule has 0 bridgehead atoms. The maximum atomic E-state index is 11.2. The minimum Gasteiger partial charge on any atom is -0.444 e. The van der Waals surface area contributed by atoms with Gasteiger partial charge in [-0.15, -0.1) is 0 Å². The van der Waals surface area contributed by atoms with E-state index in [-0.39, 0.29) is 0 Å². The van der Waals surface area contributed by atoms with E-state index >= 15 is 0 Å². The lowest BCUT2D eigenvalue weighted by Gasteiger charge is -2.20. The van der Waals surface area contributed by atoms with E-state index in [0.29, 0.717) is 0 Å². The van der Waals surface area contributed by atoms with Gasteiger partial charge in [0, 0.05) is 22.1 Å². The normalized spacial score (nSPS) is 14.8. The van der Waals surface area contributed by atoms with Crippen LogP contribution in [0.4, 0.5) is 4.79 Å². The van der Waals surface area contributed by atoms with Gasteiger partial charge in [-0.3, -0.25) is 0 Å². The van der Waals surface area contributed by atoms with Crippen LogP contribution in [0.5, 0.6) is 0 Å². The van der Waals surface area contributed by atoms with Crippen LogP contribution in [0.25, 0.3) is 0 Å². The second-order valence-electron chi connectivity index (χ2n) is 4.24. The van der Waals surface area contributed by atoms with Crippen molar-refractivity contribution in [3.05, 3.63) is 11.5 Å².